The highest BCUT2D eigenvalue weighted by molar-refractivity contribution is 5.95. The molecule has 0 unspecified atom stereocenters. The summed E-state index contributed by atoms with van der Waals surface area (Å²) in [5.41, 5.74) is 8.81. The molecular formula is C13H19N3. The Hall–Kier alpha value is -1.51. The van der Waals surface area contributed by atoms with Crippen LogP contribution in [0.25, 0.3) is 0 Å². The molecule has 16 heavy (non-hydrogen) atoms. The van der Waals surface area contributed by atoms with Crippen LogP contribution in [0.5, 0.6) is 0 Å². The molecule has 0 spiro atoms. The molecule has 1 aromatic rings. The Balaban J connectivity index is 2.24. The lowest BCUT2D eigenvalue weighted by atomic mass is 10.1. The average Bonchev–Trinajstić information content (AvgIpc) is 2.30. The average molecular weight is 217 g/mol. The number of nitrogens with one attached hydrogen (secondary N) is 1. The standard InChI is InChI=1S/C13H19N3/c1-10-9-11(13(14)15)5-6-12(10)16-7-3-2-4-8-16/h5-6,9H,2-4,7-8H2,1H3,(H3,14,15). The predicted octanol–water partition coefficient (Wildman–Crippen LogP) is 2.27. The Morgan fingerprint density at radius 3 is 2.50 bits per heavy atom. The van der Waals surface area contributed by atoms with Crippen LogP contribution in [-0.2, 0) is 0 Å². The van der Waals surface area contributed by atoms with Gasteiger partial charge in [0.15, 0.2) is 0 Å². The van der Waals surface area contributed by atoms with Crippen molar-refractivity contribution < 1.29 is 0 Å². The summed E-state index contributed by atoms with van der Waals surface area (Å²) >= 11 is 0. The van der Waals surface area contributed by atoms with Crippen molar-refractivity contribution in [2.45, 2.75) is 26.2 Å². The van der Waals surface area contributed by atoms with Gasteiger partial charge in [-0.05, 0) is 49.9 Å². The Morgan fingerprint density at radius 2 is 1.94 bits per heavy atom. The molecule has 0 amide bonds. The minimum absolute atomic E-state index is 0.147. The maximum atomic E-state index is 7.41. The minimum Gasteiger partial charge on any atom is -0.384 e. The van der Waals surface area contributed by atoms with E-state index in [2.05, 4.69) is 17.9 Å². The van der Waals surface area contributed by atoms with E-state index in [1.165, 1.54) is 30.5 Å². The Kier molecular flexibility index (Phi) is 3.13. The first kappa shape index (κ1) is 11.0. The number of anilines is 1. The van der Waals surface area contributed by atoms with E-state index < -0.39 is 0 Å². The van der Waals surface area contributed by atoms with Crippen LogP contribution in [-0.4, -0.2) is 18.9 Å². The molecule has 0 atom stereocenters. The first-order chi connectivity index (χ1) is 7.68. The molecule has 1 heterocycles. The molecule has 0 bridgehead atoms. The number of rotatable bonds is 2. The van der Waals surface area contributed by atoms with Crippen molar-refractivity contribution in [2.24, 2.45) is 5.73 Å². The highest BCUT2D eigenvalue weighted by Gasteiger charge is 2.13. The van der Waals surface area contributed by atoms with Gasteiger partial charge >= 0.3 is 0 Å². The van der Waals surface area contributed by atoms with Crippen molar-refractivity contribution >= 4 is 11.5 Å². The maximum Gasteiger partial charge on any atom is 0.122 e. The molecule has 3 nitrogen and oxygen atoms in total. The van der Waals surface area contributed by atoms with Crippen molar-refractivity contribution in [1.29, 1.82) is 5.41 Å². The predicted molar refractivity (Wildman–Crippen MR) is 68.3 cm³/mol. The largest absolute Gasteiger partial charge is 0.384 e. The fraction of sp³-hybridized carbons (Fsp3) is 0.462. The van der Waals surface area contributed by atoms with E-state index in [0.717, 1.165) is 18.7 Å². The van der Waals surface area contributed by atoms with Crippen LogP contribution in [0, 0.1) is 12.3 Å². The van der Waals surface area contributed by atoms with Crippen LogP contribution >= 0.6 is 0 Å². The Labute approximate surface area is 96.8 Å². The van der Waals surface area contributed by atoms with Crippen molar-refractivity contribution in [1.82, 2.24) is 0 Å². The molecule has 0 saturated carbocycles. The summed E-state index contributed by atoms with van der Waals surface area (Å²) in [6, 6.07) is 6.04. The Bertz CT molecular complexity index is 392. The molecule has 1 aliphatic heterocycles. The molecule has 0 radical (unpaired) electrons. The number of hydrogen-bond acceptors (Lipinski definition) is 2. The summed E-state index contributed by atoms with van der Waals surface area (Å²) in [5.74, 6) is 0.147. The van der Waals surface area contributed by atoms with Gasteiger partial charge in [-0.3, -0.25) is 5.41 Å². The third-order valence-electron chi connectivity index (χ3n) is 3.20. The second-order valence-corrected chi connectivity index (χ2v) is 4.46. The summed E-state index contributed by atoms with van der Waals surface area (Å²) in [7, 11) is 0. The number of amidine groups is 1. The Morgan fingerprint density at radius 1 is 1.25 bits per heavy atom. The molecule has 1 fully saturated rings. The van der Waals surface area contributed by atoms with E-state index in [0.29, 0.717) is 0 Å². The summed E-state index contributed by atoms with van der Waals surface area (Å²) in [6.07, 6.45) is 3.92. The number of aryl methyl sites for hydroxylation is 1. The summed E-state index contributed by atoms with van der Waals surface area (Å²) in [4.78, 5) is 2.43. The summed E-state index contributed by atoms with van der Waals surface area (Å²) in [6.45, 7) is 4.40. The number of nitrogen functional groups attached to an aromatic ring is 1. The molecule has 2 rings (SSSR count). The first-order valence-electron chi connectivity index (χ1n) is 5.88. The number of piperidine rings is 1. The van der Waals surface area contributed by atoms with Gasteiger partial charge in [-0.15, -0.1) is 0 Å². The number of benzene rings is 1. The van der Waals surface area contributed by atoms with Crippen LogP contribution < -0.4 is 10.6 Å². The van der Waals surface area contributed by atoms with Gasteiger partial charge in [0.25, 0.3) is 0 Å². The van der Waals surface area contributed by atoms with Crippen LogP contribution in [0.3, 0.4) is 0 Å². The maximum absolute atomic E-state index is 7.41. The third-order valence-corrected chi connectivity index (χ3v) is 3.20. The normalized spacial score (nSPS) is 16.2. The fourth-order valence-corrected chi connectivity index (χ4v) is 2.31. The topological polar surface area (TPSA) is 53.1 Å². The molecule has 0 aromatic heterocycles. The van der Waals surface area contributed by atoms with Gasteiger partial charge in [0.1, 0.15) is 5.84 Å². The van der Waals surface area contributed by atoms with Crippen molar-refractivity contribution in [3.05, 3.63) is 29.3 Å². The molecule has 3 heteroatoms. The van der Waals surface area contributed by atoms with Crippen molar-refractivity contribution in [3.63, 3.8) is 0 Å². The molecular weight excluding hydrogens is 198 g/mol. The van der Waals surface area contributed by atoms with Gasteiger partial charge in [-0.1, -0.05) is 0 Å². The van der Waals surface area contributed by atoms with Crippen molar-refractivity contribution in [3.8, 4) is 0 Å². The fourth-order valence-electron chi connectivity index (χ4n) is 2.31. The SMILES string of the molecule is Cc1cc(C(=N)N)ccc1N1CCCCC1. The van der Waals surface area contributed by atoms with Crippen LogP contribution in [0.15, 0.2) is 18.2 Å². The molecule has 1 aliphatic rings. The second kappa shape index (κ2) is 4.56. The highest BCUT2D eigenvalue weighted by atomic mass is 15.1. The second-order valence-electron chi connectivity index (χ2n) is 4.46. The van der Waals surface area contributed by atoms with Gasteiger partial charge in [-0.2, -0.15) is 0 Å². The third kappa shape index (κ3) is 2.18. The quantitative estimate of drug-likeness (QED) is 0.590. The van der Waals surface area contributed by atoms with E-state index in [4.69, 9.17) is 11.1 Å². The monoisotopic (exact) mass is 217 g/mol. The van der Waals surface area contributed by atoms with Crippen LogP contribution in [0.1, 0.15) is 30.4 Å². The molecule has 3 N–H and O–H groups in total. The molecule has 0 aliphatic carbocycles. The summed E-state index contributed by atoms with van der Waals surface area (Å²) in [5, 5.41) is 7.41. The van der Waals surface area contributed by atoms with Gasteiger partial charge < -0.3 is 10.6 Å². The lowest BCUT2D eigenvalue weighted by Gasteiger charge is -2.30. The zero-order chi connectivity index (χ0) is 11.5. The van der Waals surface area contributed by atoms with Crippen LogP contribution in [0.2, 0.25) is 0 Å². The number of nitrogens with two attached hydrogens (primary N) is 1. The first-order valence-corrected chi connectivity index (χ1v) is 5.88. The van der Waals surface area contributed by atoms with E-state index in [-0.39, 0.29) is 5.84 Å². The summed E-state index contributed by atoms with van der Waals surface area (Å²) < 4.78 is 0. The van der Waals surface area contributed by atoms with Crippen LogP contribution in [0.4, 0.5) is 5.69 Å². The molecule has 1 saturated heterocycles. The molecule has 86 valence electrons. The number of nitrogens with zero attached hydrogens (tertiary/aromatic N) is 1. The zero-order valence-corrected chi connectivity index (χ0v) is 9.79. The van der Waals surface area contributed by atoms with Gasteiger partial charge in [0, 0.05) is 24.3 Å². The van der Waals surface area contributed by atoms with E-state index in [9.17, 15) is 0 Å². The lowest BCUT2D eigenvalue weighted by molar-refractivity contribution is 0.577. The molecule has 1 aromatic carbocycles. The van der Waals surface area contributed by atoms with E-state index in [1.54, 1.807) is 0 Å². The van der Waals surface area contributed by atoms with Gasteiger partial charge in [0.05, 0.1) is 0 Å². The van der Waals surface area contributed by atoms with Crippen molar-refractivity contribution in [2.75, 3.05) is 18.0 Å². The van der Waals surface area contributed by atoms with E-state index in [1.807, 2.05) is 12.1 Å². The highest BCUT2D eigenvalue weighted by Crippen LogP contribution is 2.24. The lowest BCUT2D eigenvalue weighted by Crippen LogP contribution is -2.30. The zero-order valence-electron chi connectivity index (χ0n) is 9.79. The van der Waals surface area contributed by atoms with Gasteiger partial charge in [-0.25, -0.2) is 0 Å². The minimum atomic E-state index is 0.147. The van der Waals surface area contributed by atoms with E-state index >= 15 is 0 Å². The smallest absolute Gasteiger partial charge is 0.122 e. The number of hydrogen-bond donors (Lipinski definition) is 2. The van der Waals surface area contributed by atoms with Gasteiger partial charge in [0.2, 0.25) is 0 Å².